The minimum absolute atomic E-state index is 0.0408. The molecule has 154 valence electrons. The number of nitrogens with zero attached hydrogens (tertiary/aromatic N) is 1. The summed E-state index contributed by atoms with van der Waals surface area (Å²) in [5.74, 6) is -1.89. The van der Waals surface area contributed by atoms with Crippen LogP contribution in [0.4, 0.5) is 0 Å². The molecule has 0 heterocycles. The molecule has 8 nitrogen and oxygen atoms in total. The molecule has 1 aromatic carbocycles. The van der Waals surface area contributed by atoms with Gasteiger partial charge in [0.15, 0.2) is 5.57 Å². The van der Waals surface area contributed by atoms with Crippen LogP contribution < -0.4 is 0 Å². The van der Waals surface area contributed by atoms with Crippen molar-refractivity contribution < 1.29 is 33.9 Å². The lowest BCUT2D eigenvalue weighted by atomic mass is 10.1. The van der Waals surface area contributed by atoms with Gasteiger partial charge in [0, 0.05) is 18.1 Å². The largest absolute Gasteiger partial charge is 0.621 e. The molecule has 1 aromatic rings. The fraction of sp³-hybridized carbons (Fsp3) is 0.450. The zero-order chi connectivity index (χ0) is 20.9. The van der Waals surface area contributed by atoms with E-state index in [9.17, 15) is 20.1 Å². The van der Waals surface area contributed by atoms with E-state index in [2.05, 4.69) is 21.3 Å². The second-order valence-electron chi connectivity index (χ2n) is 6.03. The first-order valence-corrected chi connectivity index (χ1v) is 9.07. The predicted molar refractivity (Wildman–Crippen MR) is 103 cm³/mol. The highest BCUT2D eigenvalue weighted by atomic mass is 17.1. The third-order valence-electron chi connectivity index (χ3n) is 4.09. The quantitative estimate of drug-likeness (QED) is 0.0526. The van der Waals surface area contributed by atoms with Crippen LogP contribution in [0.2, 0.25) is 0 Å². The highest BCUT2D eigenvalue weighted by molar-refractivity contribution is 6.20. The average Bonchev–Trinajstić information content (AvgIpc) is 2.73. The van der Waals surface area contributed by atoms with Gasteiger partial charge in [0.25, 0.3) is 6.23 Å². The fourth-order valence-electron chi connectivity index (χ4n) is 2.55. The minimum atomic E-state index is -1.19. The van der Waals surface area contributed by atoms with Gasteiger partial charge < -0.3 is 14.7 Å². The molecule has 1 atom stereocenters. The highest BCUT2D eigenvalue weighted by Crippen LogP contribution is 2.13. The van der Waals surface area contributed by atoms with Crippen molar-refractivity contribution in [3.05, 3.63) is 52.8 Å². The van der Waals surface area contributed by atoms with Crippen LogP contribution in [0.5, 0.6) is 0 Å². The standard InChI is InChI=1S/C20H27NO7/c1-4-5-6-10-13-18(28-25)21(24)17(15-11-8-7-9-12-15)14-16(19(22)26-2)20(23)27-3/h7-9,11-12,14,18,25H,4-6,10,13H2,1-3H3/b21-17+. The molecule has 28 heavy (non-hydrogen) atoms. The molecule has 0 aliphatic rings. The van der Waals surface area contributed by atoms with Crippen LogP contribution >= 0.6 is 0 Å². The molecule has 0 bridgehead atoms. The summed E-state index contributed by atoms with van der Waals surface area (Å²) in [6, 6.07) is 8.42. The van der Waals surface area contributed by atoms with Crippen LogP contribution in [0.15, 0.2) is 42.0 Å². The van der Waals surface area contributed by atoms with Gasteiger partial charge >= 0.3 is 11.9 Å². The average molecular weight is 393 g/mol. The van der Waals surface area contributed by atoms with Crippen molar-refractivity contribution >= 4 is 17.7 Å². The summed E-state index contributed by atoms with van der Waals surface area (Å²) in [7, 11) is 2.23. The monoisotopic (exact) mass is 393 g/mol. The lowest BCUT2D eigenvalue weighted by molar-refractivity contribution is -0.601. The predicted octanol–water partition coefficient (Wildman–Crippen LogP) is 3.04. The second-order valence-corrected chi connectivity index (χ2v) is 6.03. The summed E-state index contributed by atoms with van der Waals surface area (Å²) in [5.41, 5.74) is -0.0632. The van der Waals surface area contributed by atoms with Gasteiger partial charge in [-0.15, -0.1) is 0 Å². The van der Waals surface area contributed by atoms with Crippen LogP contribution in [-0.4, -0.2) is 48.1 Å². The maximum Gasteiger partial charge on any atom is 0.345 e. The number of esters is 2. The van der Waals surface area contributed by atoms with Gasteiger partial charge in [-0.1, -0.05) is 44.4 Å². The molecule has 0 spiro atoms. The zero-order valence-electron chi connectivity index (χ0n) is 16.4. The summed E-state index contributed by atoms with van der Waals surface area (Å²) < 4.78 is 9.65. The minimum Gasteiger partial charge on any atom is -0.621 e. The number of ether oxygens (including phenoxy) is 2. The number of rotatable bonds is 11. The molecule has 0 amide bonds. The number of hydroxylamine groups is 1. The van der Waals surface area contributed by atoms with Gasteiger partial charge in [0.05, 0.1) is 14.2 Å². The third kappa shape index (κ3) is 6.79. The maximum atomic E-state index is 12.9. The Balaban J connectivity index is 3.41. The summed E-state index contributed by atoms with van der Waals surface area (Å²) in [4.78, 5) is 28.3. The van der Waals surface area contributed by atoms with Crippen molar-refractivity contribution in [2.24, 2.45) is 0 Å². The number of hydrogen-bond donors (Lipinski definition) is 1. The first-order valence-electron chi connectivity index (χ1n) is 9.07. The number of carbonyl (C=O) groups excluding carboxylic acids is 2. The smallest absolute Gasteiger partial charge is 0.345 e. The van der Waals surface area contributed by atoms with Gasteiger partial charge in [0.2, 0.25) is 5.71 Å². The van der Waals surface area contributed by atoms with E-state index in [1.165, 1.54) is 0 Å². The van der Waals surface area contributed by atoms with Crippen LogP contribution in [-0.2, 0) is 24.0 Å². The Morgan fingerprint density at radius 2 is 1.71 bits per heavy atom. The van der Waals surface area contributed by atoms with E-state index in [1.54, 1.807) is 30.3 Å². The van der Waals surface area contributed by atoms with Crippen LogP contribution in [0, 0.1) is 5.21 Å². The number of methoxy groups -OCH3 is 2. The molecule has 0 saturated carbocycles. The lowest BCUT2D eigenvalue weighted by Crippen LogP contribution is -2.30. The van der Waals surface area contributed by atoms with E-state index in [-0.39, 0.29) is 12.1 Å². The summed E-state index contributed by atoms with van der Waals surface area (Å²) >= 11 is 0. The van der Waals surface area contributed by atoms with Crippen molar-refractivity contribution in [3.8, 4) is 0 Å². The molecule has 1 rings (SSSR count). The Kier molecular flexibility index (Phi) is 10.5. The number of allylic oxidation sites excluding steroid dienone is 1. The number of hydrogen-bond acceptors (Lipinski definition) is 7. The molecule has 0 aromatic heterocycles. The van der Waals surface area contributed by atoms with Crippen molar-refractivity contribution in [2.75, 3.05) is 14.2 Å². The number of benzene rings is 1. The molecule has 0 saturated heterocycles. The molecular weight excluding hydrogens is 366 g/mol. The third-order valence-corrected chi connectivity index (χ3v) is 4.09. The van der Waals surface area contributed by atoms with E-state index in [1.807, 2.05) is 0 Å². The van der Waals surface area contributed by atoms with Crippen molar-refractivity contribution in [3.63, 3.8) is 0 Å². The second kappa shape index (κ2) is 12.6. The maximum absolute atomic E-state index is 12.9. The Morgan fingerprint density at radius 3 is 2.21 bits per heavy atom. The van der Waals surface area contributed by atoms with E-state index < -0.39 is 23.7 Å². The number of carbonyl (C=O) groups is 2. The Labute approximate surface area is 164 Å². The molecule has 0 radical (unpaired) electrons. The van der Waals surface area contributed by atoms with Crippen LogP contribution in [0.25, 0.3) is 0 Å². The van der Waals surface area contributed by atoms with E-state index in [4.69, 9.17) is 0 Å². The van der Waals surface area contributed by atoms with Crippen molar-refractivity contribution in [1.82, 2.24) is 0 Å². The summed E-state index contributed by atoms with van der Waals surface area (Å²) in [6.45, 7) is 2.06. The number of unbranched alkanes of at least 4 members (excludes halogenated alkanes) is 3. The lowest BCUT2D eigenvalue weighted by Gasteiger charge is -2.17. The first kappa shape index (κ1) is 23.3. The van der Waals surface area contributed by atoms with Crippen LogP contribution in [0.1, 0.15) is 44.6 Å². The van der Waals surface area contributed by atoms with Crippen molar-refractivity contribution in [1.29, 1.82) is 0 Å². The molecule has 0 fully saturated rings. The fourth-order valence-corrected chi connectivity index (χ4v) is 2.55. The highest BCUT2D eigenvalue weighted by Gasteiger charge is 2.26. The van der Waals surface area contributed by atoms with Crippen LogP contribution in [0.3, 0.4) is 0 Å². The van der Waals surface area contributed by atoms with E-state index in [0.717, 1.165) is 39.6 Å². The Bertz CT molecular complexity index is 680. The molecule has 0 aliphatic carbocycles. The van der Waals surface area contributed by atoms with Gasteiger partial charge in [-0.2, -0.15) is 9.63 Å². The molecule has 1 N–H and O–H groups in total. The van der Waals surface area contributed by atoms with Gasteiger partial charge in [-0.05, 0) is 18.6 Å². The zero-order valence-corrected chi connectivity index (χ0v) is 16.4. The Hall–Kier alpha value is -2.71. The topological polar surface area (TPSA) is 108 Å². The van der Waals surface area contributed by atoms with Gasteiger partial charge in [-0.3, -0.25) is 0 Å². The molecular formula is C20H27NO7. The molecule has 8 heteroatoms. The molecule has 1 unspecified atom stereocenters. The van der Waals surface area contributed by atoms with E-state index in [0.29, 0.717) is 16.7 Å². The van der Waals surface area contributed by atoms with Crippen molar-refractivity contribution in [2.45, 2.75) is 45.3 Å². The SMILES string of the molecule is CCCCCCC(OO)/[N+]([O-])=C(/C=C(C(=O)OC)C(=O)OC)c1ccccc1. The van der Waals surface area contributed by atoms with Gasteiger partial charge in [-0.25, -0.2) is 14.8 Å². The first-order chi connectivity index (χ1) is 13.5. The normalized spacial score (nSPS) is 12.6. The Morgan fingerprint density at radius 1 is 1.11 bits per heavy atom. The van der Waals surface area contributed by atoms with Gasteiger partial charge in [0.1, 0.15) is 0 Å². The summed E-state index contributed by atoms with van der Waals surface area (Å²) in [5, 5.41) is 22.2. The summed E-state index contributed by atoms with van der Waals surface area (Å²) in [6.07, 6.45) is 3.74. The molecule has 0 aliphatic heterocycles. The van der Waals surface area contributed by atoms with E-state index >= 15 is 0 Å².